The number of hydrogen-bond donors (Lipinski definition) is 2. The number of fused-ring (bicyclic) bond motifs is 1. The zero-order chi connectivity index (χ0) is 19.1. The first-order valence-electron chi connectivity index (χ1n) is 8.80. The van der Waals surface area contributed by atoms with Crippen molar-refractivity contribution in [3.63, 3.8) is 0 Å². The first kappa shape index (κ1) is 18.5. The minimum atomic E-state index is -3.29. The Bertz CT molecular complexity index is 936. The SMILES string of the molecule is CC1CC=C(C2CC(C)(C)c3cc(C#N)ccc3N2)C=C1NS(C)(=O)=O. The number of allylic oxidation sites excluding steroid dienone is 2. The number of nitrogens with zero attached hydrogens (tertiary/aromatic N) is 1. The molecule has 3 rings (SSSR count). The molecule has 5 nitrogen and oxygen atoms in total. The van der Waals surface area contributed by atoms with Crippen molar-refractivity contribution in [1.29, 1.82) is 5.26 Å². The molecule has 1 aliphatic heterocycles. The van der Waals surface area contributed by atoms with Crippen LogP contribution in [0.1, 0.15) is 44.7 Å². The summed E-state index contributed by atoms with van der Waals surface area (Å²) in [7, 11) is -3.29. The van der Waals surface area contributed by atoms with Crippen molar-refractivity contribution >= 4 is 15.7 Å². The smallest absolute Gasteiger partial charge is 0.229 e. The van der Waals surface area contributed by atoms with Crippen LogP contribution in [0.2, 0.25) is 0 Å². The Morgan fingerprint density at radius 2 is 2.08 bits per heavy atom. The zero-order valence-corrected chi connectivity index (χ0v) is 16.4. The second-order valence-corrected chi connectivity index (χ2v) is 9.72. The van der Waals surface area contributed by atoms with E-state index in [1.54, 1.807) is 0 Å². The maximum atomic E-state index is 11.6. The molecular formula is C20H25N3O2S. The normalized spacial score (nSPS) is 24.4. The van der Waals surface area contributed by atoms with Gasteiger partial charge in [-0.25, -0.2) is 8.42 Å². The lowest BCUT2D eigenvalue weighted by Gasteiger charge is -2.40. The molecule has 0 saturated heterocycles. The van der Waals surface area contributed by atoms with E-state index in [0.717, 1.165) is 35.4 Å². The lowest BCUT2D eigenvalue weighted by molar-refractivity contribution is 0.442. The van der Waals surface area contributed by atoms with Gasteiger partial charge in [-0.2, -0.15) is 5.26 Å². The summed E-state index contributed by atoms with van der Waals surface area (Å²) in [4.78, 5) is 0. The summed E-state index contributed by atoms with van der Waals surface area (Å²) in [5, 5.41) is 12.7. The second kappa shape index (κ2) is 6.48. The average Bonchev–Trinajstić information content (AvgIpc) is 2.54. The molecule has 0 spiro atoms. The summed E-state index contributed by atoms with van der Waals surface area (Å²) < 4.78 is 25.9. The molecule has 1 aliphatic carbocycles. The van der Waals surface area contributed by atoms with E-state index >= 15 is 0 Å². The molecule has 0 saturated carbocycles. The van der Waals surface area contributed by atoms with Crippen molar-refractivity contribution in [3.8, 4) is 6.07 Å². The molecule has 2 N–H and O–H groups in total. The van der Waals surface area contributed by atoms with Crippen LogP contribution >= 0.6 is 0 Å². The van der Waals surface area contributed by atoms with E-state index in [4.69, 9.17) is 5.26 Å². The van der Waals surface area contributed by atoms with E-state index in [0.29, 0.717) is 5.56 Å². The summed E-state index contributed by atoms with van der Waals surface area (Å²) in [5.74, 6) is 0.149. The summed E-state index contributed by atoms with van der Waals surface area (Å²) >= 11 is 0. The summed E-state index contributed by atoms with van der Waals surface area (Å²) in [5.41, 5.74) is 4.63. The van der Waals surface area contributed by atoms with Gasteiger partial charge < -0.3 is 5.32 Å². The van der Waals surface area contributed by atoms with Crippen molar-refractivity contribution in [2.45, 2.75) is 45.1 Å². The number of hydrogen-bond acceptors (Lipinski definition) is 4. The Morgan fingerprint density at radius 1 is 1.35 bits per heavy atom. The largest absolute Gasteiger partial charge is 0.378 e. The number of nitrogens with one attached hydrogen (secondary N) is 2. The third-order valence-corrected chi connectivity index (χ3v) is 5.79. The molecule has 0 aromatic heterocycles. The van der Waals surface area contributed by atoms with Gasteiger partial charge in [0.25, 0.3) is 0 Å². The molecule has 138 valence electrons. The van der Waals surface area contributed by atoms with Gasteiger partial charge in [-0.05, 0) is 53.7 Å². The monoisotopic (exact) mass is 371 g/mol. The summed E-state index contributed by atoms with van der Waals surface area (Å²) in [6.45, 7) is 6.40. The van der Waals surface area contributed by atoms with E-state index < -0.39 is 10.0 Å². The van der Waals surface area contributed by atoms with Crippen molar-refractivity contribution in [2.24, 2.45) is 5.92 Å². The fourth-order valence-electron chi connectivity index (χ4n) is 3.77. The van der Waals surface area contributed by atoms with Gasteiger partial charge in [0.2, 0.25) is 10.0 Å². The van der Waals surface area contributed by atoms with Crippen LogP contribution in [-0.4, -0.2) is 20.7 Å². The molecular weight excluding hydrogens is 346 g/mol. The molecule has 1 heterocycles. The summed E-state index contributed by atoms with van der Waals surface area (Å²) in [6, 6.07) is 8.07. The molecule has 26 heavy (non-hydrogen) atoms. The topological polar surface area (TPSA) is 82.0 Å². The van der Waals surface area contributed by atoms with Crippen molar-refractivity contribution in [1.82, 2.24) is 4.72 Å². The van der Waals surface area contributed by atoms with Gasteiger partial charge >= 0.3 is 0 Å². The molecule has 1 aromatic carbocycles. The fourth-order valence-corrected chi connectivity index (χ4v) is 4.46. The van der Waals surface area contributed by atoms with Gasteiger partial charge in [-0.3, -0.25) is 4.72 Å². The van der Waals surface area contributed by atoms with Gasteiger partial charge in [-0.15, -0.1) is 0 Å². The molecule has 1 aromatic rings. The predicted octanol–water partition coefficient (Wildman–Crippen LogP) is 3.42. The van der Waals surface area contributed by atoms with Gasteiger partial charge in [0.15, 0.2) is 0 Å². The highest BCUT2D eigenvalue weighted by Gasteiger charge is 2.35. The van der Waals surface area contributed by atoms with E-state index in [2.05, 4.69) is 36.0 Å². The minimum Gasteiger partial charge on any atom is -0.378 e. The third-order valence-electron chi connectivity index (χ3n) is 5.19. The molecule has 0 fully saturated rings. The highest BCUT2D eigenvalue weighted by Crippen LogP contribution is 2.42. The Morgan fingerprint density at radius 3 is 2.73 bits per heavy atom. The van der Waals surface area contributed by atoms with Gasteiger partial charge in [0.05, 0.1) is 23.9 Å². The average molecular weight is 372 g/mol. The summed E-state index contributed by atoms with van der Waals surface area (Å²) in [6.07, 6.45) is 7.03. The molecule has 2 atom stereocenters. The number of nitriles is 1. The van der Waals surface area contributed by atoms with Crippen LogP contribution < -0.4 is 10.0 Å². The molecule has 0 bridgehead atoms. The van der Waals surface area contributed by atoms with Crippen LogP contribution in [0.25, 0.3) is 0 Å². The van der Waals surface area contributed by atoms with E-state index in [1.807, 2.05) is 31.2 Å². The first-order chi connectivity index (χ1) is 12.1. The maximum Gasteiger partial charge on any atom is 0.229 e. The lowest BCUT2D eigenvalue weighted by Crippen LogP contribution is -2.38. The molecule has 2 unspecified atom stereocenters. The number of rotatable bonds is 3. The van der Waals surface area contributed by atoms with E-state index in [1.165, 1.54) is 6.26 Å². The minimum absolute atomic E-state index is 0.0831. The first-order valence-corrected chi connectivity index (χ1v) is 10.7. The predicted molar refractivity (Wildman–Crippen MR) is 104 cm³/mol. The van der Waals surface area contributed by atoms with Crippen molar-refractivity contribution in [3.05, 3.63) is 52.7 Å². The number of benzene rings is 1. The Kier molecular flexibility index (Phi) is 4.61. The van der Waals surface area contributed by atoms with Gasteiger partial charge in [0, 0.05) is 17.3 Å². The van der Waals surface area contributed by atoms with Crippen LogP contribution in [0, 0.1) is 17.2 Å². The van der Waals surface area contributed by atoms with Crippen LogP contribution in [-0.2, 0) is 15.4 Å². The molecule has 2 aliphatic rings. The maximum absolute atomic E-state index is 11.6. The van der Waals surface area contributed by atoms with E-state index in [9.17, 15) is 8.42 Å². The highest BCUT2D eigenvalue weighted by atomic mass is 32.2. The Balaban J connectivity index is 1.92. The second-order valence-electron chi connectivity index (χ2n) is 7.97. The van der Waals surface area contributed by atoms with Crippen LogP contribution in [0.15, 0.2) is 41.6 Å². The van der Waals surface area contributed by atoms with Crippen LogP contribution in [0.4, 0.5) is 5.69 Å². The fraction of sp³-hybridized carbons (Fsp3) is 0.450. The standard InChI is InChI=1S/C20H25N3O2S/c1-13-5-7-15(10-18(13)23-26(4,24)25)19-11-20(2,3)16-9-14(12-21)6-8-17(16)22-19/h6-10,13,19,22-23H,5,11H2,1-4H3. The van der Waals surface area contributed by atoms with Gasteiger partial charge in [-0.1, -0.05) is 26.8 Å². The van der Waals surface area contributed by atoms with Gasteiger partial charge in [0.1, 0.15) is 0 Å². The molecule has 0 radical (unpaired) electrons. The number of anilines is 1. The van der Waals surface area contributed by atoms with Crippen molar-refractivity contribution in [2.75, 3.05) is 11.6 Å². The highest BCUT2D eigenvalue weighted by molar-refractivity contribution is 7.88. The molecule has 0 amide bonds. The quantitative estimate of drug-likeness (QED) is 0.853. The zero-order valence-electron chi connectivity index (χ0n) is 15.6. The number of sulfonamides is 1. The van der Waals surface area contributed by atoms with E-state index in [-0.39, 0.29) is 17.4 Å². The lowest BCUT2D eigenvalue weighted by atomic mass is 9.73. The Labute approximate surface area is 155 Å². The van der Waals surface area contributed by atoms with Crippen molar-refractivity contribution < 1.29 is 8.42 Å². The van der Waals surface area contributed by atoms with Crippen LogP contribution in [0.5, 0.6) is 0 Å². The Hall–Kier alpha value is -2.26. The van der Waals surface area contributed by atoms with Crippen LogP contribution in [0.3, 0.4) is 0 Å². The molecule has 6 heteroatoms. The third kappa shape index (κ3) is 3.78.